The molecule has 0 fully saturated rings. The van der Waals surface area contributed by atoms with Crippen LogP contribution in [0.25, 0.3) is 0 Å². The van der Waals surface area contributed by atoms with Gasteiger partial charge in [-0.05, 0) is 18.4 Å². The van der Waals surface area contributed by atoms with Crippen LogP contribution in [0, 0.1) is 5.41 Å². The van der Waals surface area contributed by atoms with E-state index < -0.39 is 0 Å². The molecule has 19 heavy (non-hydrogen) atoms. The van der Waals surface area contributed by atoms with E-state index in [1.165, 1.54) is 0 Å². The van der Waals surface area contributed by atoms with Crippen molar-refractivity contribution >= 4 is 17.5 Å². The summed E-state index contributed by atoms with van der Waals surface area (Å²) in [6, 6.07) is 5.82. The molecule has 1 aliphatic heterocycles. The largest absolute Gasteiger partial charge is 0.384 e. The van der Waals surface area contributed by atoms with Crippen molar-refractivity contribution in [3.05, 3.63) is 34.9 Å². The number of hydrogen-bond donors (Lipinski definition) is 3. The number of aliphatic imine (C=N–C) groups is 1. The second-order valence-electron chi connectivity index (χ2n) is 4.66. The van der Waals surface area contributed by atoms with Crippen molar-refractivity contribution in [1.29, 1.82) is 5.41 Å². The molecule has 1 heterocycles. The van der Waals surface area contributed by atoms with Crippen molar-refractivity contribution in [3.8, 4) is 0 Å². The third-order valence-corrected chi connectivity index (χ3v) is 3.48. The average Bonchev–Trinajstić information content (AvgIpc) is 2.97. The maximum atomic E-state index is 7.61. The van der Waals surface area contributed by atoms with E-state index >= 15 is 0 Å². The molecule has 6 heteroatoms. The highest BCUT2D eigenvalue weighted by molar-refractivity contribution is 6.08. The van der Waals surface area contributed by atoms with Crippen molar-refractivity contribution in [2.24, 2.45) is 21.6 Å². The van der Waals surface area contributed by atoms with Crippen molar-refractivity contribution in [3.63, 3.8) is 0 Å². The number of nitrogen functional groups attached to an aromatic ring is 1. The lowest BCUT2D eigenvalue weighted by Gasteiger charge is -2.12. The minimum Gasteiger partial charge on any atom is -0.384 e. The van der Waals surface area contributed by atoms with Crippen LogP contribution in [0.1, 0.15) is 23.1 Å². The van der Waals surface area contributed by atoms with E-state index in [1.807, 2.05) is 18.2 Å². The fourth-order valence-electron chi connectivity index (χ4n) is 2.56. The summed E-state index contributed by atoms with van der Waals surface area (Å²) >= 11 is 0. The SMILES string of the molecule is N=C(N)c1cccc2c1CCC2=NN1CCN=C1N. The molecule has 5 N–H and O–H groups in total. The maximum Gasteiger partial charge on any atom is 0.212 e. The van der Waals surface area contributed by atoms with Crippen LogP contribution in [0.15, 0.2) is 28.3 Å². The summed E-state index contributed by atoms with van der Waals surface area (Å²) in [5.41, 5.74) is 15.4. The van der Waals surface area contributed by atoms with Crippen LogP contribution < -0.4 is 11.5 Å². The van der Waals surface area contributed by atoms with E-state index in [4.69, 9.17) is 16.9 Å². The average molecular weight is 256 g/mol. The predicted molar refractivity (Wildman–Crippen MR) is 75.5 cm³/mol. The van der Waals surface area contributed by atoms with E-state index in [2.05, 4.69) is 10.1 Å². The summed E-state index contributed by atoms with van der Waals surface area (Å²) < 4.78 is 0. The Morgan fingerprint density at radius 1 is 1.37 bits per heavy atom. The molecule has 0 aromatic heterocycles. The van der Waals surface area contributed by atoms with Gasteiger partial charge >= 0.3 is 0 Å². The molecule has 1 aliphatic carbocycles. The van der Waals surface area contributed by atoms with Crippen molar-refractivity contribution in [1.82, 2.24) is 5.01 Å². The Morgan fingerprint density at radius 3 is 2.89 bits per heavy atom. The zero-order chi connectivity index (χ0) is 13.4. The summed E-state index contributed by atoms with van der Waals surface area (Å²) in [6.45, 7) is 1.43. The van der Waals surface area contributed by atoms with Gasteiger partial charge in [-0.3, -0.25) is 5.41 Å². The first-order valence-electron chi connectivity index (χ1n) is 6.28. The molecule has 0 saturated carbocycles. The highest BCUT2D eigenvalue weighted by Crippen LogP contribution is 2.26. The summed E-state index contributed by atoms with van der Waals surface area (Å²) in [7, 11) is 0. The third-order valence-electron chi connectivity index (χ3n) is 3.48. The Balaban J connectivity index is 1.99. The highest BCUT2D eigenvalue weighted by atomic mass is 15.5. The monoisotopic (exact) mass is 256 g/mol. The van der Waals surface area contributed by atoms with Gasteiger partial charge in [0.05, 0.1) is 18.8 Å². The number of nitrogens with one attached hydrogen (secondary N) is 1. The normalized spacial score (nSPS) is 19.7. The van der Waals surface area contributed by atoms with Crippen molar-refractivity contribution < 1.29 is 0 Å². The van der Waals surface area contributed by atoms with Gasteiger partial charge < -0.3 is 11.5 Å². The molecule has 0 amide bonds. The molecule has 0 radical (unpaired) electrons. The maximum absolute atomic E-state index is 7.61. The van der Waals surface area contributed by atoms with Gasteiger partial charge in [-0.1, -0.05) is 18.2 Å². The molecule has 0 unspecified atom stereocenters. The van der Waals surface area contributed by atoms with E-state index in [1.54, 1.807) is 5.01 Å². The minimum atomic E-state index is 0.111. The smallest absolute Gasteiger partial charge is 0.212 e. The molecule has 0 saturated heterocycles. The highest BCUT2D eigenvalue weighted by Gasteiger charge is 2.23. The van der Waals surface area contributed by atoms with Crippen LogP contribution in [-0.4, -0.2) is 35.6 Å². The number of nitrogens with zero attached hydrogens (tertiary/aromatic N) is 3. The zero-order valence-electron chi connectivity index (χ0n) is 10.6. The Bertz CT molecular complexity index is 601. The lowest BCUT2D eigenvalue weighted by Crippen LogP contribution is -2.30. The van der Waals surface area contributed by atoms with Crippen LogP contribution in [0.2, 0.25) is 0 Å². The lowest BCUT2D eigenvalue weighted by atomic mass is 10.0. The summed E-state index contributed by atoms with van der Waals surface area (Å²) in [6.07, 6.45) is 1.72. The third kappa shape index (κ3) is 1.95. The van der Waals surface area contributed by atoms with E-state index in [-0.39, 0.29) is 5.84 Å². The van der Waals surface area contributed by atoms with Gasteiger partial charge in [-0.25, -0.2) is 10.0 Å². The number of benzene rings is 1. The number of guanidine groups is 1. The molecule has 1 aromatic rings. The van der Waals surface area contributed by atoms with Gasteiger partial charge in [-0.2, -0.15) is 5.10 Å². The molecule has 6 nitrogen and oxygen atoms in total. The molecule has 0 bridgehead atoms. The van der Waals surface area contributed by atoms with Crippen LogP contribution in [0.4, 0.5) is 0 Å². The number of rotatable bonds is 2. The second-order valence-corrected chi connectivity index (χ2v) is 4.66. The van der Waals surface area contributed by atoms with E-state index in [9.17, 15) is 0 Å². The van der Waals surface area contributed by atoms with Crippen molar-refractivity contribution in [2.75, 3.05) is 13.1 Å². The standard InChI is InChI=1S/C13H16N6/c14-12(15)10-3-1-2-9-8(10)4-5-11(9)18-19-7-6-17-13(19)16/h1-3H,4-7H2,(H3,14,15)(H2,16,17). The fourth-order valence-corrected chi connectivity index (χ4v) is 2.56. The summed E-state index contributed by atoms with van der Waals surface area (Å²) in [5, 5.41) is 13.9. The molecule has 0 spiro atoms. The molecular formula is C13H16N6. The Hall–Kier alpha value is -2.37. The molecule has 0 atom stereocenters. The second kappa shape index (κ2) is 4.38. The van der Waals surface area contributed by atoms with Crippen LogP contribution in [0.3, 0.4) is 0 Å². The predicted octanol–water partition coefficient (Wildman–Crippen LogP) is 0.251. The molecular weight excluding hydrogens is 240 g/mol. The van der Waals surface area contributed by atoms with Crippen LogP contribution >= 0.6 is 0 Å². The minimum absolute atomic E-state index is 0.111. The van der Waals surface area contributed by atoms with Gasteiger partial charge in [0.2, 0.25) is 5.96 Å². The summed E-state index contributed by atoms with van der Waals surface area (Å²) in [4.78, 5) is 4.12. The number of hydrazone groups is 1. The van der Waals surface area contributed by atoms with Gasteiger partial charge in [0.15, 0.2) is 0 Å². The molecule has 98 valence electrons. The van der Waals surface area contributed by atoms with Gasteiger partial charge in [0.25, 0.3) is 0 Å². The molecule has 3 rings (SSSR count). The quantitative estimate of drug-likeness (QED) is 0.522. The number of hydrogen-bond acceptors (Lipinski definition) is 5. The first-order chi connectivity index (χ1) is 9.16. The number of fused-ring (bicyclic) bond motifs is 1. The van der Waals surface area contributed by atoms with E-state index in [0.717, 1.165) is 41.8 Å². The van der Waals surface area contributed by atoms with Gasteiger partial charge in [0.1, 0.15) is 5.84 Å². The summed E-state index contributed by atoms with van der Waals surface area (Å²) in [5.74, 6) is 0.587. The fraction of sp³-hybridized carbons (Fsp3) is 0.308. The van der Waals surface area contributed by atoms with Crippen molar-refractivity contribution in [2.45, 2.75) is 12.8 Å². The Labute approximate surface area is 111 Å². The molecule has 1 aromatic carbocycles. The lowest BCUT2D eigenvalue weighted by molar-refractivity contribution is 0.483. The van der Waals surface area contributed by atoms with Crippen LogP contribution in [0.5, 0.6) is 0 Å². The zero-order valence-corrected chi connectivity index (χ0v) is 10.6. The Kier molecular flexibility index (Phi) is 2.70. The van der Waals surface area contributed by atoms with E-state index in [0.29, 0.717) is 12.5 Å². The Morgan fingerprint density at radius 2 is 2.21 bits per heavy atom. The van der Waals surface area contributed by atoms with Crippen LogP contribution in [-0.2, 0) is 6.42 Å². The first kappa shape index (κ1) is 11.7. The first-order valence-corrected chi connectivity index (χ1v) is 6.28. The topological polar surface area (TPSA) is 104 Å². The number of nitrogens with two attached hydrogens (primary N) is 2. The van der Waals surface area contributed by atoms with Gasteiger partial charge in [0, 0.05) is 11.1 Å². The van der Waals surface area contributed by atoms with Gasteiger partial charge in [-0.15, -0.1) is 0 Å². The molecule has 2 aliphatic rings. The number of amidine groups is 1.